The smallest absolute Gasteiger partial charge is 0.251 e. The van der Waals surface area contributed by atoms with E-state index in [1.807, 2.05) is 0 Å². The summed E-state index contributed by atoms with van der Waals surface area (Å²) in [6.07, 6.45) is -0.176. The molecule has 0 radical (unpaired) electrons. The monoisotopic (exact) mass is 617 g/mol. The third-order valence-corrected chi connectivity index (χ3v) is 7.73. The number of nitrogens with one attached hydrogen (secondary N) is 1. The Morgan fingerprint density at radius 2 is 1.35 bits per heavy atom. The SMILES string of the molecule is CC1(C)[C@H](NC(=O)c2ccc(OCCOCCOCCOCCOCCN)cc2)C(C)(C)[C@H]1Oc1ccc(C#N)c(Cl)c1. The van der Waals surface area contributed by atoms with Gasteiger partial charge in [0.05, 0.1) is 63.4 Å². The minimum Gasteiger partial charge on any atom is -0.491 e. The first-order valence-corrected chi connectivity index (χ1v) is 14.9. The topological polar surface area (TPSA) is 134 Å². The number of carbonyl (C=O) groups excluding carboxylic acids is 1. The van der Waals surface area contributed by atoms with E-state index in [9.17, 15) is 4.79 Å². The molecular weight excluding hydrogens is 574 g/mol. The van der Waals surface area contributed by atoms with Crippen LogP contribution in [0.15, 0.2) is 42.5 Å². The fraction of sp³-hybridized carbons (Fsp3) is 0.562. The fourth-order valence-corrected chi connectivity index (χ4v) is 5.79. The van der Waals surface area contributed by atoms with Crippen molar-refractivity contribution < 1.29 is 33.2 Å². The minimum atomic E-state index is -0.346. The lowest BCUT2D eigenvalue weighted by Crippen LogP contribution is -2.74. The third kappa shape index (κ3) is 9.80. The van der Waals surface area contributed by atoms with Crippen molar-refractivity contribution in [3.05, 3.63) is 58.6 Å². The number of carbonyl (C=O) groups is 1. The molecule has 10 nitrogen and oxygen atoms in total. The number of hydrogen-bond acceptors (Lipinski definition) is 9. The molecule has 11 heteroatoms. The van der Waals surface area contributed by atoms with Crippen molar-refractivity contribution in [2.75, 3.05) is 66.0 Å². The second-order valence-corrected chi connectivity index (χ2v) is 11.8. The summed E-state index contributed by atoms with van der Waals surface area (Å²) in [5.41, 5.74) is 5.59. The van der Waals surface area contributed by atoms with Gasteiger partial charge in [0.2, 0.25) is 0 Å². The normalized spacial score (nSPS) is 18.3. The number of nitrogens with zero attached hydrogens (tertiary/aromatic N) is 1. The molecule has 43 heavy (non-hydrogen) atoms. The van der Waals surface area contributed by atoms with Crippen molar-refractivity contribution in [3.63, 3.8) is 0 Å². The molecule has 2 aromatic carbocycles. The molecule has 0 unspecified atom stereocenters. The van der Waals surface area contributed by atoms with Gasteiger partial charge in [-0.2, -0.15) is 5.26 Å². The van der Waals surface area contributed by atoms with Crippen LogP contribution in [0.4, 0.5) is 0 Å². The number of amides is 1. The summed E-state index contributed by atoms with van der Waals surface area (Å²) < 4.78 is 33.6. The number of nitrogens with two attached hydrogens (primary N) is 1. The average Bonchev–Trinajstić information content (AvgIpc) is 2.98. The molecule has 0 aromatic heterocycles. The van der Waals surface area contributed by atoms with Gasteiger partial charge in [-0.15, -0.1) is 0 Å². The Morgan fingerprint density at radius 1 is 0.837 bits per heavy atom. The number of hydrogen-bond donors (Lipinski definition) is 2. The highest BCUT2D eigenvalue weighted by Gasteiger charge is 2.64. The zero-order valence-electron chi connectivity index (χ0n) is 25.5. The highest BCUT2D eigenvalue weighted by atomic mass is 35.5. The lowest BCUT2D eigenvalue weighted by Gasteiger charge is -2.63. The summed E-state index contributed by atoms with van der Waals surface area (Å²) >= 11 is 6.19. The number of halogens is 1. The number of benzene rings is 2. The first-order valence-electron chi connectivity index (χ1n) is 14.5. The van der Waals surface area contributed by atoms with E-state index >= 15 is 0 Å². The Kier molecular flexibility index (Phi) is 13.5. The molecule has 1 amide bonds. The molecule has 0 aliphatic heterocycles. The third-order valence-electron chi connectivity index (χ3n) is 7.42. The summed E-state index contributed by atoms with van der Waals surface area (Å²) in [4.78, 5) is 13.1. The van der Waals surface area contributed by atoms with Crippen molar-refractivity contribution in [2.45, 2.75) is 39.8 Å². The molecule has 0 spiro atoms. The molecule has 1 aliphatic rings. The molecule has 0 bridgehead atoms. The van der Waals surface area contributed by atoms with Gasteiger partial charge in [-0.3, -0.25) is 4.79 Å². The quantitative estimate of drug-likeness (QED) is 0.222. The molecule has 2 aromatic rings. The maximum atomic E-state index is 13.1. The van der Waals surface area contributed by atoms with Crippen molar-refractivity contribution in [3.8, 4) is 17.6 Å². The van der Waals surface area contributed by atoms with Crippen LogP contribution in [0.2, 0.25) is 5.02 Å². The lowest BCUT2D eigenvalue weighted by atomic mass is 9.49. The Bertz CT molecular complexity index is 1180. The van der Waals surface area contributed by atoms with Gasteiger partial charge >= 0.3 is 0 Å². The predicted molar refractivity (Wildman–Crippen MR) is 164 cm³/mol. The number of rotatable bonds is 19. The molecule has 3 N–H and O–H groups in total. The number of ether oxygens (including phenoxy) is 6. The summed E-state index contributed by atoms with van der Waals surface area (Å²) in [5, 5.41) is 12.7. The van der Waals surface area contributed by atoms with Gasteiger partial charge in [0.15, 0.2) is 0 Å². The second kappa shape index (κ2) is 16.8. The van der Waals surface area contributed by atoms with E-state index < -0.39 is 0 Å². The van der Waals surface area contributed by atoms with E-state index in [1.165, 1.54) is 0 Å². The number of nitriles is 1. The molecule has 0 saturated heterocycles. The highest BCUT2D eigenvalue weighted by molar-refractivity contribution is 6.31. The molecule has 0 heterocycles. The summed E-state index contributed by atoms with van der Waals surface area (Å²) in [5.74, 6) is 1.09. The van der Waals surface area contributed by atoms with Gasteiger partial charge < -0.3 is 39.5 Å². The summed E-state index contributed by atoms with van der Waals surface area (Å²) in [7, 11) is 0. The standard InChI is InChI=1S/C32H44ClN3O7/c1-31(2)29(32(3,4)30(31)43-26-10-7-24(22-35)27(33)21-26)36-28(37)23-5-8-25(9-6-23)42-20-19-41-18-17-40-16-15-39-14-13-38-12-11-34/h5-10,21,29-30H,11-20,34H2,1-4H3,(H,36,37)/t29-,30-. The van der Waals surface area contributed by atoms with Crippen LogP contribution in [0.1, 0.15) is 43.6 Å². The second-order valence-electron chi connectivity index (χ2n) is 11.4. The summed E-state index contributed by atoms with van der Waals surface area (Å²) in [6.45, 7) is 13.1. The van der Waals surface area contributed by atoms with Gasteiger partial charge in [0.1, 0.15) is 30.3 Å². The van der Waals surface area contributed by atoms with E-state index in [2.05, 4.69) is 39.1 Å². The minimum absolute atomic E-state index is 0.128. The fourth-order valence-electron chi connectivity index (χ4n) is 5.58. The van der Waals surface area contributed by atoms with Crippen LogP contribution in [0.5, 0.6) is 11.5 Å². The van der Waals surface area contributed by atoms with E-state index in [-0.39, 0.29) is 28.9 Å². The highest BCUT2D eigenvalue weighted by Crippen LogP contribution is 2.55. The molecule has 236 valence electrons. The Labute approximate surface area is 259 Å². The van der Waals surface area contributed by atoms with Crippen molar-refractivity contribution in [1.29, 1.82) is 5.26 Å². The maximum absolute atomic E-state index is 13.1. The summed E-state index contributed by atoms with van der Waals surface area (Å²) in [6, 6.07) is 14.0. The first kappa shape index (κ1) is 34.6. The van der Waals surface area contributed by atoms with Crippen molar-refractivity contribution >= 4 is 17.5 Å². The molecule has 1 saturated carbocycles. The van der Waals surface area contributed by atoms with Crippen LogP contribution in [-0.4, -0.2) is 84.1 Å². The largest absolute Gasteiger partial charge is 0.491 e. The van der Waals surface area contributed by atoms with Gasteiger partial charge in [-0.1, -0.05) is 39.3 Å². The van der Waals surface area contributed by atoms with Gasteiger partial charge in [0.25, 0.3) is 5.91 Å². The maximum Gasteiger partial charge on any atom is 0.251 e. The van der Waals surface area contributed by atoms with E-state index in [1.54, 1.807) is 42.5 Å². The molecule has 1 aliphatic carbocycles. The zero-order chi connectivity index (χ0) is 31.3. The molecule has 0 atom stereocenters. The zero-order valence-corrected chi connectivity index (χ0v) is 26.3. The van der Waals surface area contributed by atoms with Crippen molar-refractivity contribution in [1.82, 2.24) is 5.32 Å². The molecule has 3 rings (SSSR count). The molecular formula is C32H44ClN3O7. The van der Waals surface area contributed by atoms with Crippen molar-refractivity contribution in [2.24, 2.45) is 16.6 Å². The van der Waals surface area contributed by atoms with Crippen LogP contribution < -0.4 is 20.5 Å². The van der Waals surface area contributed by atoms with Crippen LogP contribution in [0, 0.1) is 22.2 Å². The Balaban J connectivity index is 1.34. The van der Waals surface area contributed by atoms with Crippen LogP contribution in [-0.2, 0) is 18.9 Å². The lowest BCUT2D eigenvalue weighted by molar-refractivity contribution is -0.164. The van der Waals surface area contributed by atoms with Gasteiger partial charge in [0, 0.05) is 35.0 Å². The van der Waals surface area contributed by atoms with E-state index in [0.717, 1.165) is 0 Å². The average molecular weight is 618 g/mol. The van der Waals surface area contributed by atoms with Crippen LogP contribution in [0.25, 0.3) is 0 Å². The predicted octanol–water partition coefficient (Wildman–Crippen LogP) is 4.23. The van der Waals surface area contributed by atoms with Gasteiger partial charge in [-0.25, -0.2) is 0 Å². The van der Waals surface area contributed by atoms with E-state index in [0.29, 0.717) is 93.7 Å². The Hall–Kier alpha value is -2.91. The molecule has 1 fully saturated rings. The van der Waals surface area contributed by atoms with Gasteiger partial charge in [-0.05, 0) is 36.4 Å². The van der Waals surface area contributed by atoms with Crippen LogP contribution >= 0.6 is 11.6 Å². The van der Waals surface area contributed by atoms with Crippen LogP contribution in [0.3, 0.4) is 0 Å². The Morgan fingerprint density at radius 3 is 1.86 bits per heavy atom. The first-order chi connectivity index (χ1) is 20.6. The van der Waals surface area contributed by atoms with E-state index in [4.69, 9.17) is 51.0 Å².